The molecule has 2 bridgehead atoms. The van der Waals surface area contributed by atoms with Gasteiger partial charge >= 0.3 is 0 Å². The van der Waals surface area contributed by atoms with E-state index in [1.54, 1.807) is 24.7 Å². The van der Waals surface area contributed by atoms with Gasteiger partial charge < -0.3 is 10.5 Å². The van der Waals surface area contributed by atoms with E-state index >= 15 is 0 Å². The molecule has 1 aromatic carbocycles. The Balaban J connectivity index is 1.86. The minimum atomic E-state index is -0.531. The van der Waals surface area contributed by atoms with Crippen LogP contribution in [0.25, 0.3) is 22.4 Å². The normalized spacial score (nSPS) is 14.5. The number of hydrogen-bond donors (Lipinski definition) is 1. The lowest BCUT2D eigenvalue weighted by atomic mass is 9.89. The van der Waals surface area contributed by atoms with E-state index in [0.29, 0.717) is 30.0 Å². The molecule has 0 spiro atoms. The van der Waals surface area contributed by atoms with Crippen molar-refractivity contribution in [3.8, 4) is 34.2 Å². The number of nitrogens with zero attached hydrogens (tertiary/aromatic N) is 5. The summed E-state index contributed by atoms with van der Waals surface area (Å²) in [6.07, 6.45) is 4.98. The molecule has 0 amide bonds. The highest BCUT2D eigenvalue weighted by Crippen LogP contribution is 2.39. The number of nitrogens with two attached hydrogens (primary N) is 1. The molecule has 33 heavy (non-hydrogen) atoms. The number of benzene rings is 1. The van der Waals surface area contributed by atoms with Crippen molar-refractivity contribution in [2.24, 2.45) is 0 Å². The summed E-state index contributed by atoms with van der Waals surface area (Å²) in [6.45, 7) is 4.50. The van der Waals surface area contributed by atoms with E-state index in [4.69, 9.17) is 10.5 Å². The third-order valence-corrected chi connectivity index (χ3v) is 5.94. The zero-order chi connectivity index (χ0) is 23.1. The number of aromatic nitrogens is 4. The summed E-state index contributed by atoms with van der Waals surface area (Å²) in [4.78, 5) is 8.64. The summed E-state index contributed by atoms with van der Waals surface area (Å²) < 4.78 is 22.4. The van der Waals surface area contributed by atoms with Gasteiger partial charge in [0.25, 0.3) is 0 Å². The Hall–Kier alpha value is -4.25. The van der Waals surface area contributed by atoms with Crippen molar-refractivity contribution in [2.45, 2.75) is 32.9 Å². The van der Waals surface area contributed by atoms with E-state index in [1.165, 1.54) is 12.1 Å². The van der Waals surface area contributed by atoms with Crippen LogP contribution in [0.3, 0.4) is 0 Å². The van der Waals surface area contributed by atoms with Crippen molar-refractivity contribution in [3.05, 3.63) is 77.1 Å². The Bertz CT molecular complexity index is 1420. The minimum absolute atomic E-state index is 0.251. The predicted octanol–water partition coefficient (Wildman–Crippen LogP) is 4.66. The van der Waals surface area contributed by atoms with E-state index < -0.39 is 6.10 Å². The molecule has 4 aromatic rings. The number of hydrogen-bond acceptors (Lipinski definition) is 6. The quantitative estimate of drug-likeness (QED) is 0.462. The number of anilines is 1. The molecule has 1 aliphatic heterocycles. The van der Waals surface area contributed by atoms with Crippen LogP contribution in [0, 0.1) is 17.1 Å². The van der Waals surface area contributed by atoms with Gasteiger partial charge in [0.15, 0.2) is 11.6 Å². The van der Waals surface area contributed by atoms with Crippen molar-refractivity contribution in [1.82, 2.24) is 19.7 Å². The summed E-state index contributed by atoms with van der Waals surface area (Å²) in [5, 5.41) is 14.4. The van der Waals surface area contributed by atoms with E-state index in [-0.39, 0.29) is 11.6 Å². The molecule has 5 rings (SSSR count). The zero-order valence-corrected chi connectivity index (χ0v) is 18.2. The summed E-state index contributed by atoms with van der Waals surface area (Å²) >= 11 is 0. The monoisotopic (exact) mass is 440 g/mol. The molecular weight excluding hydrogens is 419 g/mol. The zero-order valence-electron chi connectivity index (χ0n) is 18.2. The average molecular weight is 440 g/mol. The molecule has 4 heterocycles. The van der Waals surface area contributed by atoms with E-state index in [9.17, 15) is 9.65 Å². The van der Waals surface area contributed by atoms with Gasteiger partial charge in [0.2, 0.25) is 0 Å². The number of nitriles is 1. The van der Waals surface area contributed by atoms with Gasteiger partial charge in [-0.2, -0.15) is 10.4 Å². The first-order valence-electron chi connectivity index (χ1n) is 10.6. The Kier molecular flexibility index (Phi) is 5.02. The fourth-order valence-corrected chi connectivity index (χ4v) is 4.39. The minimum Gasteiger partial charge on any atom is -0.482 e. The first-order chi connectivity index (χ1) is 16.0. The van der Waals surface area contributed by atoms with E-state index in [0.717, 1.165) is 33.5 Å². The second kappa shape index (κ2) is 8.02. The SMILES string of the molecule is CCn1ncc2c1-c1cnc(N)c(c1)OC(C)c1cc(F)ccc1-c1ccnc(C#N)c1C2. The van der Waals surface area contributed by atoms with Crippen LogP contribution < -0.4 is 10.5 Å². The third kappa shape index (κ3) is 3.48. The topological polar surface area (TPSA) is 103 Å². The maximum Gasteiger partial charge on any atom is 0.166 e. The van der Waals surface area contributed by atoms with Gasteiger partial charge in [-0.25, -0.2) is 14.4 Å². The van der Waals surface area contributed by atoms with Crippen LogP contribution in [-0.4, -0.2) is 19.7 Å². The van der Waals surface area contributed by atoms with Crippen molar-refractivity contribution in [2.75, 3.05) is 5.73 Å². The van der Waals surface area contributed by atoms with Crippen LogP contribution in [-0.2, 0) is 13.0 Å². The van der Waals surface area contributed by atoms with Crippen LogP contribution in [0.2, 0.25) is 0 Å². The van der Waals surface area contributed by atoms with Gasteiger partial charge in [0.1, 0.15) is 23.7 Å². The summed E-state index contributed by atoms with van der Waals surface area (Å²) in [7, 11) is 0. The van der Waals surface area contributed by atoms with E-state index in [2.05, 4.69) is 21.1 Å². The van der Waals surface area contributed by atoms with Gasteiger partial charge in [-0.15, -0.1) is 0 Å². The van der Waals surface area contributed by atoms with Gasteiger partial charge in [-0.1, -0.05) is 6.07 Å². The number of pyridine rings is 2. The molecule has 0 aliphatic carbocycles. The fourth-order valence-electron chi connectivity index (χ4n) is 4.39. The molecule has 7 nitrogen and oxygen atoms in total. The maximum absolute atomic E-state index is 14.3. The lowest BCUT2D eigenvalue weighted by Gasteiger charge is -2.22. The molecule has 1 unspecified atom stereocenters. The largest absolute Gasteiger partial charge is 0.482 e. The van der Waals surface area contributed by atoms with Crippen LogP contribution in [0.4, 0.5) is 10.2 Å². The smallest absolute Gasteiger partial charge is 0.166 e. The van der Waals surface area contributed by atoms with Crippen molar-refractivity contribution < 1.29 is 9.13 Å². The first kappa shape index (κ1) is 20.6. The highest BCUT2D eigenvalue weighted by molar-refractivity contribution is 5.75. The molecule has 0 saturated carbocycles. The van der Waals surface area contributed by atoms with Crippen LogP contribution in [0.15, 0.2) is 48.9 Å². The molecule has 1 aliphatic rings. The highest BCUT2D eigenvalue weighted by atomic mass is 19.1. The number of nitrogen functional groups attached to an aromatic ring is 1. The van der Waals surface area contributed by atoms with Gasteiger partial charge in [-0.05, 0) is 49.2 Å². The van der Waals surface area contributed by atoms with Crippen molar-refractivity contribution >= 4 is 5.82 Å². The average Bonchev–Trinajstić information content (AvgIpc) is 3.22. The number of fused-ring (bicyclic) bond motifs is 7. The number of halogens is 1. The van der Waals surface area contributed by atoms with Crippen molar-refractivity contribution in [1.29, 1.82) is 5.26 Å². The molecule has 2 N–H and O–H groups in total. The molecule has 0 fully saturated rings. The third-order valence-electron chi connectivity index (χ3n) is 5.94. The summed E-state index contributed by atoms with van der Waals surface area (Å²) in [5.74, 6) is 0.290. The number of rotatable bonds is 1. The van der Waals surface area contributed by atoms with Gasteiger partial charge in [0.05, 0.1) is 11.9 Å². The molecule has 1 atom stereocenters. The predicted molar refractivity (Wildman–Crippen MR) is 122 cm³/mol. The Morgan fingerprint density at radius 2 is 2.06 bits per heavy atom. The first-order valence-corrected chi connectivity index (χ1v) is 10.6. The number of aryl methyl sites for hydroxylation is 1. The molecule has 0 saturated heterocycles. The highest BCUT2D eigenvalue weighted by Gasteiger charge is 2.24. The fraction of sp³-hybridized carbons (Fsp3) is 0.200. The Morgan fingerprint density at radius 3 is 2.85 bits per heavy atom. The summed E-state index contributed by atoms with van der Waals surface area (Å²) in [6, 6.07) is 10.5. The van der Waals surface area contributed by atoms with Crippen molar-refractivity contribution in [3.63, 3.8) is 0 Å². The van der Waals surface area contributed by atoms with Gasteiger partial charge in [-0.3, -0.25) is 4.68 Å². The Labute approximate surface area is 190 Å². The second-order valence-electron chi connectivity index (χ2n) is 7.91. The molecular formula is C25H21FN6O. The van der Waals surface area contributed by atoms with Crippen LogP contribution in [0.1, 0.15) is 42.3 Å². The summed E-state index contributed by atoms with van der Waals surface area (Å²) in [5.41, 5.74) is 12.0. The lowest BCUT2D eigenvalue weighted by Crippen LogP contribution is -2.10. The second-order valence-corrected chi connectivity index (χ2v) is 7.91. The molecule has 3 aromatic heterocycles. The van der Waals surface area contributed by atoms with Crippen LogP contribution >= 0.6 is 0 Å². The van der Waals surface area contributed by atoms with E-state index in [1.807, 2.05) is 30.7 Å². The Morgan fingerprint density at radius 1 is 1.21 bits per heavy atom. The molecule has 164 valence electrons. The lowest BCUT2D eigenvalue weighted by molar-refractivity contribution is 0.228. The van der Waals surface area contributed by atoms with Gasteiger partial charge in [0, 0.05) is 47.6 Å². The van der Waals surface area contributed by atoms with Crippen LogP contribution in [0.5, 0.6) is 5.75 Å². The maximum atomic E-state index is 14.3. The molecule has 8 heteroatoms. The standard InChI is InChI=1S/C25H21FN6O/c1-3-32-24-15(13-31-32)8-21-19(6-7-29-22(21)11-27)18-5-4-17(26)10-20(18)14(2)33-23-9-16(24)12-30-25(23)28/h4-7,9-10,12-14H,3,8H2,1-2H3,(H2,28,30). The number of ether oxygens (including phenoxy) is 1. The molecule has 0 radical (unpaired) electrons.